The number of likely N-dealkylation sites (tertiary alicyclic amines) is 1. The third kappa shape index (κ3) is 3.78. The largest absolute Gasteiger partial charge is 0.456 e. The molecular formula is C25H30N2O4. The van der Waals surface area contributed by atoms with E-state index in [1.54, 1.807) is 6.07 Å². The number of carbonyl (C=O) groups is 2. The highest BCUT2D eigenvalue weighted by Gasteiger charge is 2.46. The van der Waals surface area contributed by atoms with Crippen LogP contribution < -0.4 is 0 Å². The number of benzene rings is 1. The van der Waals surface area contributed by atoms with Gasteiger partial charge in [-0.2, -0.15) is 0 Å². The molecule has 2 aromatic rings. The molecule has 5 rings (SSSR count). The summed E-state index contributed by atoms with van der Waals surface area (Å²) in [5, 5.41) is 0. The Balaban J connectivity index is 1.30. The van der Waals surface area contributed by atoms with Crippen LogP contribution in [-0.2, 0) is 14.9 Å². The highest BCUT2D eigenvalue weighted by atomic mass is 16.5. The van der Waals surface area contributed by atoms with E-state index in [2.05, 4.69) is 24.3 Å². The summed E-state index contributed by atoms with van der Waals surface area (Å²) >= 11 is 0. The molecule has 6 nitrogen and oxygen atoms in total. The number of nitrogens with zero attached hydrogens (tertiary/aromatic N) is 2. The fraction of sp³-hybridized carbons (Fsp3) is 0.520. The number of ether oxygens (including phenoxy) is 1. The first-order chi connectivity index (χ1) is 15.1. The minimum atomic E-state index is -0.0201. The molecule has 0 N–H and O–H groups in total. The molecule has 0 unspecified atom stereocenters. The molecule has 0 bridgehead atoms. The van der Waals surface area contributed by atoms with Crippen molar-refractivity contribution in [1.82, 2.24) is 9.80 Å². The third-order valence-electron chi connectivity index (χ3n) is 7.35. The zero-order valence-electron chi connectivity index (χ0n) is 18.1. The minimum Gasteiger partial charge on any atom is -0.456 e. The Kier molecular flexibility index (Phi) is 5.34. The second kappa shape index (κ2) is 8.15. The molecule has 2 amide bonds. The van der Waals surface area contributed by atoms with Gasteiger partial charge in [-0.05, 0) is 60.8 Å². The van der Waals surface area contributed by atoms with Crippen LogP contribution in [0, 0.1) is 6.92 Å². The van der Waals surface area contributed by atoms with E-state index in [9.17, 15) is 9.59 Å². The number of carbonyl (C=O) groups excluding carboxylic acids is 2. The molecule has 3 aliphatic rings. The molecule has 2 aliphatic heterocycles. The van der Waals surface area contributed by atoms with Crippen molar-refractivity contribution in [2.75, 3.05) is 39.4 Å². The minimum absolute atomic E-state index is 0.0201. The van der Waals surface area contributed by atoms with Crippen LogP contribution in [0.4, 0.5) is 0 Å². The number of aryl methyl sites for hydroxylation is 1. The first kappa shape index (κ1) is 20.3. The van der Waals surface area contributed by atoms with E-state index in [4.69, 9.17) is 9.15 Å². The summed E-state index contributed by atoms with van der Waals surface area (Å²) in [4.78, 5) is 29.6. The van der Waals surface area contributed by atoms with Gasteiger partial charge in [-0.25, -0.2) is 0 Å². The quantitative estimate of drug-likeness (QED) is 0.760. The maximum atomic E-state index is 12.9. The van der Waals surface area contributed by atoms with Crippen molar-refractivity contribution >= 4 is 11.8 Å². The number of piperidine rings is 1. The fourth-order valence-electron chi connectivity index (χ4n) is 5.68. The van der Waals surface area contributed by atoms with Crippen LogP contribution in [0.2, 0.25) is 0 Å². The average Bonchev–Trinajstić information content (AvgIpc) is 3.37. The summed E-state index contributed by atoms with van der Waals surface area (Å²) in [5.41, 5.74) is 2.77. The Morgan fingerprint density at radius 1 is 1.00 bits per heavy atom. The van der Waals surface area contributed by atoms with E-state index >= 15 is 0 Å². The second-order valence-electron chi connectivity index (χ2n) is 9.17. The highest BCUT2D eigenvalue weighted by Crippen LogP contribution is 2.52. The first-order valence-corrected chi connectivity index (χ1v) is 11.4. The van der Waals surface area contributed by atoms with Gasteiger partial charge in [0.2, 0.25) is 5.91 Å². The lowest BCUT2D eigenvalue weighted by atomic mass is 9.73. The summed E-state index contributed by atoms with van der Waals surface area (Å²) < 4.78 is 10.9. The van der Waals surface area contributed by atoms with Crippen molar-refractivity contribution < 1.29 is 18.7 Å². The normalized spacial score (nSPS) is 22.5. The maximum absolute atomic E-state index is 12.9. The van der Waals surface area contributed by atoms with Gasteiger partial charge < -0.3 is 19.0 Å². The van der Waals surface area contributed by atoms with E-state index in [1.165, 1.54) is 11.1 Å². The van der Waals surface area contributed by atoms with E-state index < -0.39 is 0 Å². The van der Waals surface area contributed by atoms with Crippen LogP contribution in [0.25, 0.3) is 0 Å². The van der Waals surface area contributed by atoms with Crippen LogP contribution in [0.15, 0.2) is 40.8 Å². The smallest absolute Gasteiger partial charge is 0.289 e. The van der Waals surface area contributed by atoms with Gasteiger partial charge in [-0.15, -0.1) is 0 Å². The number of hydrogen-bond acceptors (Lipinski definition) is 4. The average molecular weight is 423 g/mol. The molecule has 1 atom stereocenters. The molecular weight excluding hydrogens is 392 g/mol. The van der Waals surface area contributed by atoms with Crippen LogP contribution in [0.3, 0.4) is 0 Å². The lowest BCUT2D eigenvalue weighted by molar-refractivity contribution is -0.135. The Morgan fingerprint density at radius 2 is 1.74 bits per heavy atom. The Hall–Kier alpha value is -2.60. The number of furan rings is 1. The SMILES string of the molecule is Cc1ccc(C(=O)N2CCC3(CC2)C[C@H](CC(=O)N2CCOCC2)c2ccccc23)o1. The number of hydrogen-bond donors (Lipinski definition) is 0. The number of rotatable bonds is 3. The molecule has 1 aromatic heterocycles. The van der Waals surface area contributed by atoms with Gasteiger partial charge in [-0.1, -0.05) is 24.3 Å². The maximum Gasteiger partial charge on any atom is 0.289 e. The predicted molar refractivity (Wildman–Crippen MR) is 116 cm³/mol. The van der Waals surface area contributed by atoms with Gasteiger partial charge in [0.15, 0.2) is 5.76 Å². The predicted octanol–water partition coefficient (Wildman–Crippen LogP) is 3.50. The highest BCUT2D eigenvalue weighted by molar-refractivity contribution is 5.91. The molecule has 1 aromatic carbocycles. The van der Waals surface area contributed by atoms with Crippen LogP contribution >= 0.6 is 0 Å². The zero-order chi connectivity index (χ0) is 21.4. The molecule has 2 fully saturated rings. The van der Waals surface area contributed by atoms with Crippen molar-refractivity contribution in [3.8, 4) is 0 Å². The second-order valence-corrected chi connectivity index (χ2v) is 9.17. The van der Waals surface area contributed by atoms with Crippen molar-refractivity contribution in [3.63, 3.8) is 0 Å². The van der Waals surface area contributed by atoms with Crippen LogP contribution in [-0.4, -0.2) is 61.0 Å². The summed E-state index contributed by atoms with van der Waals surface area (Å²) in [6.07, 6.45) is 3.41. The van der Waals surface area contributed by atoms with Crippen molar-refractivity contribution in [2.24, 2.45) is 0 Å². The molecule has 0 saturated carbocycles. The van der Waals surface area contributed by atoms with Gasteiger partial charge in [0.25, 0.3) is 5.91 Å². The number of morpholine rings is 1. The molecule has 164 valence electrons. The van der Waals surface area contributed by atoms with Gasteiger partial charge >= 0.3 is 0 Å². The van der Waals surface area contributed by atoms with Gasteiger partial charge in [0.1, 0.15) is 5.76 Å². The first-order valence-electron chi connectivity index (χ1n) is 11.4. The standard InChI is InChI=1S/C25H30N2O4/c1-18-6-7-22(31-18)24(29)27-10-8-25(9-11-27)17-19(20-4-2-3-5-21(20)25)16-23(28)26-12-14-30-15-13-26/h2-7,19H,8-17H2,1H3/t19-/m0/s1. The molecule has 1 aliphatic carbocycles. The van der Waals surface area contributed by atoms with E-state index in [0.717, 1.165) is 38.1 Å². The Labute approximate surface area is 183 Å². The number of amides is 2. The molecule has 2 saturated heterocycles. The monoisotopic (exact) mass is 422 g/mol. The molecule has 0 radical (unpaired) electrons. The van der Waals surface area contributed by atoms with E-state index in [-0.39, 0.29) is 23.1 Å². The van der Waals surface area contributed by atoms with Gasteiger partial charge in [-0.3, -0.25) is 9.59 Å². The summed E-state index contributed by atoms with van der Waals surface area (Å²) in [5.74, 6) is 1.65. The lowest BCUT2D eigenvalue weighted by Gasteiger charge is -2.40. The Bertz CT molecular complexity index is 967. The van der Waals surface area contributed by atoms with Gasteiger partial charge in [0.05, 0.1) is 13.2 Å². The molecule has 3 heterocycles. The van der Waals surface area contributed by atoms with Crippen LogP contribution in [0.1, 0.15) is 59.0 Å². The van der Waals surface area contributed by atoms with Crippen molar-refractivity contribution in [3.05, 3.63) is 59.0 Å². The lowest BCUT2D eigenvalue weighted by Crippen LogP contribution is -2.44. The summed E-state index contributed by atoms with van der Waals surface area (Å²) in [6, 6.07) is 12.2. The van der Waals surface area contributed by atoms with Gasteiger partial charge in [0, 0.05) is 32.6 Å². The summed E-state index contributed by atoms with van der Waals surface area (Å²) in [6.45, 7) is 5.96. The number of fused-ring (bicyclic) bond motifs is 2. The van der Waals surface area contributed by atoms with E-state index in [0.29, 0.717) is 38.5 Å². The third-order valence-corrected chi connectivity index (χ3v) is 7.35. The summed E-state index contributed by atoms with van der Waals surface area (Å²) in [7, 11) is 0. The van der Waals surface area contributed by atoms with Crippen molar-refractivity contribution in [1.29, 1.82) is 0 Å². The fourth-order valence-corrected chi connectivity index (χ4v) is 5.68. The zero-order valence-corrected chi connectivity index (χ0v) is 18.1. The van der Waals surface area contributed by atoms with Crippen molar-refractivity contribution in [2.45, 2.75) is 43.9 Å². The molecule has 31 heavy (non-hydrogen) atoms. The van der Waals surface area contributed by atoms with E-state index in [1.807, 2.05) is 22.8 Å². The van der Waals surface area contributed by atoms with Crippen LogP contribution in [0.5, 0.6) is 0 Å². The topological polar surface area (TPSA) is 63.0 Å². The molecule has 6 heteroatoms. The Morgan fingerprint density at radius 3 is 2.45 bits per heavy atom. The molecule has 1 spiro atoms.